The van der Waals surface area contributed by atoms with Gasteiger partial charge in [-0.2, -0.15) is 0 Å². The van der Waals surface area contributed by atoms with Crippen LogP contribution in [0.5, 0.6) is 5.75 Å². The van der Waals surface area contributed by atoms with Gasteiger partial charge in [0.15, 0.2) is 0 Å². The topological polar surface area (TPSA) is 145 Å². The number of rotatable bonds is 8. The van der Waals surface area contributed by atoms with Crippen molar-refractivity contribution < 1.29 is 24.2 Å². The number of aliphatic imine (C=N–C) groups is 1. The normalized spacial score (nSPS) is 18.3. The Balaban J connectivity index is 2.14. The number of aryl methyl sites for hydroxylation is 1. The van der Waals surface area contributed by atoms with Crippen LogP contribution in [-0.4, -0.2) is 52.2 Å². The molecule has 1 heterocycles. The molecule has 1 fully saturated rings. The third-order valence-corrected chi connectivity index (χ3v) is 4.62. The highest BCUT2D eigenvalue weighted by Gasteiger charge is 2.38. The van der Waals surface area contributed by atoms with Crippen molar-refractivity contribution in [3.8, 4) is 5.75 Å². The number of nitrogens with zero attached hydrogens (tertiary/aromatic N) is 5. The number of benzene rings is 1. The lowest BCUT2D eigenvalue weighted by Gasteiger charge is -2.23. The summed E-state index contributed by atoms with van der Waals surface area (Å²) >= 11 is 0. The number of carboxylic acids is 1. The van der Waals surface area contributed by atoms with Crippen molar-refractivity contribution in [3.05, 3.63) is 39.8 Å². The summed E-state index contributed by atoms with van der Waals surface area (Å²) in [4.78, 5) is 42.3. The summed E-state index contributed by atoms with van der Waals surface area (Å²) in [5, 5.41) is 12.9. The molecule has 1 unspecified atom stereocenters. The van der Waals surface area contributed by atoms with Crippen molar-refractivity contribution in [2.24, 2.45) is 10.1 Å². The Morgan fingerprint density at radius 1 is 1.37 bits per heavy atom. The van der Waals surface area contributed by atoms with Crippen molar-refractivity contribution in [1.29, 1.82) is 0 Å². The van der Waals surface area contributed by atoms with E-state index in [2.05, 4.69) is 15.0 Å². The van der Waals surface area contributed by atoms with E-state index in [4.69, 9.17) is 10.3 Å². The number of ether oxygens (including phenoxy) is 1. The van der Waals surface area contributed by atoms with E-state index in [9.17, 15) is 19.5 Å². The summed E-state index contributed by atoms with van der Waals surface area (Å²) in [6.45, 7) is 5.94. The summed E-state index contributed by atoms with van der Waals surface area (Å²) in [6.07, 6.45) is 2.02. The number of carboxylic acid groups (broad SMARTS) is 1. The minimum Gasteiger partial charge on any atom is -0.488 e. The van der Waals surface area contributed by atoms with Gasteiger partial charge in [-0.25, -0.2) is 14.6 Å². The number of amides is 1. The number of carbonyl (C=O) groups is 2. The van der Waals surface area contributed by atoms with Gasteiger partial charge in [0.2, 0.25) is 12.0 Å². The largest absolute Gasteiger partial charge is 0.488 e. The van der Waals surface area contributed by atoms with Crippen molar-refractivity contribution in [2.75, 3.05) is 6.54 Å². The summed E-state index contributed by atoms with van der Waals surface area (Å²) in [5.74, 6) is -0.835. The van der Waals surface area contributed by atoms with Crippen LogP contribution in [0.15, 0.2) is 28.3 Å². The first-order chi connectivity index (χ1) is 14.1. The lowest BCUT2D eigenvalue weighted by atomic mass is 10.0. The standard InChI is InChI=1S/C20H25N5O5/c1-20(2,3)30-16-6-4-13(14(8-16)10-22-12-26)5-7-18(27)25-11-15(23-24-21)9-17(25)19(28)29/h4,6,8,15,17H,5,7,9-11H2,1-3H3,(H,28,29)/t15?,17-/m0/s1. The maximum atomic E-state index is 12.7. The molecule has 1 saturated heterocycles. The molecule has 0 aliphatic carbocycles. The molecule has 2 atom stereocenters. The smallest absolute Gasteiger partial charge is 0.326 e. The molecule has 0 saturated carbocycles. The predicted molar refractivity (Wildman–Crippen MR) is 108 cm³/mol. The fraction of sp³-hybridized carbons (Fsp3) is 0.550. The van der Waals surface area contributed by atoms with Crippen molar-refractivity contribution in [2.45, 2.75) is 64.3 Å². The average Bonchev–Trinajstić information content (AvgIpc) is 3.09. The molecule has 1 amide bonds. The molecule has 0 aromatic heterocycles. The molecule has 1 aliphatic heterocycles. The maximum Gasteiger partial charge on any atom is 0.326 e. The van der Waals surface area contributed by atoms with E-state index < -0.39 is 23.7 Å². The van der Waals surface area contributed by atoms with Gasteiger partial charge >= 0.3 is 5.97 Å². The lowest BCUT2D eigenvalue weighted by Crippen LogP contribution is -2.40. The van der Waals surface area contributed by atoms with Crippen LogP contribution in [-0.2, 0) is 27.3 Å². The minimum atomic E-state index is -1.12. The van der Waals surface area contributed by atoms with E-state index in [0.29, 0.717) is 12.2 Å². The number of likely N-dealkylation sites (tertiary alicyclic amines) is 1. The lowest BCUT2D eigenvalue weighted by molar-refractivity contribution is -0.148. The van der Waals surface area contributed by atoms with Gasteiger partial charge in [-0.05, 0) is 62.4 Å². The van der Waals surface area contributed by atoms with Crippen molar-refractivity contribution in [1.82, 2.24) is 4.90 Å². The highest BCUT2D eigenvalue weighted by atomic mass is 16.5. The SMILES string of the molecule is CC(C)(C)Oc1ccc(CCC(=O)N2CC(N=[N+]=[N-])C[C@H]2C(=O)O)c(CN=C=O)c1. The number of aliphatic carboxylic acids is 1. The average molecular weight is 415 g/mol. The first-order valence-corrected chi connectivity index (χ1v) is 9.55. The Bertz CT molecular complexity index is 897. The zero-order valence-corrected chi connectivity index (χ0v) is 17.2. The Labute approximate surface area is 174 Å². The third kappa shape index (κ3) is 6.34. The molecular weight excluding hydrogens is 390 g/mol. The molecule has 30 heavy (non-hydrogen) atoms. The van der Waals surface area contributed by atoms with E-state index in [0.717, 1.165) is 11.1 Å². The number of carbonyl (C=O) groups excluding carboxylic acids is 2. The molecule has 10 heteroatoms. The van der Waals surface area contributed by atoms with Gasteiger partial charge in [-0.15, -0.1) is 0 Å². The monoisotopic (exact) mass is 415 g/mol. The number of azide groups is 1. The number of isocyanates is 1. The Kier molecular flexibility index (Phi) is 7.58. The van der Waals surface area contributed by atoms with Crippen molar-refractivity contribution in [3.63, 3.8) is 0 Å². The molecule has 0 bridgehead atoms. The van der Waals surface area contributed by atoms with Crippen LogP contribution in [0.3, 0.4) is 0 Å². The number of hydrogen-bond acceptors (Lipinski definition) is 6. The summed E-state index contributed by atoms with van der Waals surface area (Å²) in [7, 11) is 0. The second-order valence-corrected chi connectivity index (χ2v) is 8.05. The van der Waals surface area contributed by atoms with E-state index in [1.54, 1.807) is 12.1 Å². The van der Waals surface area contributed by atoms with Gasteiger partial charge in [0.05, 0.1) is 12.6 Å². The van der Waals surface area contributed by atoms with E-state index in [1.807, 2.05) is 26.8 Å². The zero-order chi connectivity index (χ0) is 22.3. The summed E-state index contributed by atoms with van der Waals surface area (Å²) < 4.78 is 5.84. The van der Waals surface area contributed by atoms with Gasteiger partial charge in [-0.3, -0.25) is 4.79 Å². The number of hydrogen-bond donors (Lipinski definition) is 1. The van der Waals surface area contributed by atoms with Crippen LogP contribution in [0.25, 0.3) is 10.4 Å². The molecule has 1 N–H and O–H groups in total. The molecule has 1 aromatic rings. The fourth-order valence-electron chi connectivity index (χ4n) is 3.39. The molecule has 10 nitrogen and oxygen atoms in total. The Morgan fingerprint density at radius 3 is 2.70 bits per heavy atom. The van der Waals surface area contributed by atoms with Gasteiger partial charge < -0.3 is 14.7 Å². The molecule has 2 rings (SSSR count). The van der Waals surface area contributed by atoms with Crippen LogP contribution in [0.1, 0.15) is 44.7 Å². The fourth-order valence-corrected chi connectivity index (χ4v) is 3.39. The van der Waals surface area contributed by atoms with Gasteiger partial charge in [0.25, 0.3) is 0 Å². The maximum absolute atomic E-state index is 12.7. The zero-order valence-electron chi connectivity index (χ0n) is 17.2. The van der Waals surface area contributed by atoms with Crippen LogP contribution < -0.4 is 4.74 Å². The van der Waals surface area contributed by atoms with Crippen LogP contribution in [0, 0.1) is 0 Å². The quantitative estimate of drug-likeness (QED) is 0.228. The van der Waals surface area contributed by atoms with E-state index >= 15 is 0 Å². The summed E-state index contributed by atoms with van der Waals surface area (Å²) in [5.41, 5.74) is 9.73. The Hall–Kier alpha value is -3.35. The molecular formula is C20H25N5O5. The predicted octanol–water partition coefficient (Wildman–Crippen LogP) is 3.00. The first-order valence-electron chi connectivity index (χ1n) is 9.55. The van der Waals surface area contributed by atoms with Crippen LogP contribution >= 0.6 is 0 Å². The Morgan fingerprint density at radius 2 is 2.10 bits per heavy atom. The van der Waals surface area contributed by atoms with E-state index in [-0.39, 0.29) is 31.8 Å². The minimum absolute atomic E-state index is 0.0735. The van der Waals surface area contributed by atoms with E-state index in [1.165, 1.54) is 11.0 Å². The molecule has 0 spiro atoms. The second-order valence-electron chi connectivity index (χ2n) is 8.05. The van der Waals surface area contributed by atoms with Crippen LogP contribution in [0.2, 0.25) is 0 Å². The van der Waals surface area contributed by atoms with Crippen molar-refractivity contribution >= 4 is 18.0 Å². The van der Waals surface area contributed by atoms with Crippen LogP contribution in [0.4, 0.5) is 0 Å². The molecule has 0 radical (unpaired) electrons. The highest BCUT2D eigenvalue weighted by Crippen LogP contribution is 2.25. The van der Waals surface area contributed by atoms with Gasteiger partial charge in [-0.1, -0.05) is 11.2 Å². The highest BCUT2D eigenvalue weighted by molar-refractivity contribution is 5.84. The first kappa shape index (κ1) is 22.9. The van der Waals surface area contributed by atoms with Gasteiger partial charge in [0, 0.05) is 17.9 Å². The molecule has 1 aromatic carbocycles. The second kappa shape index (κ2) is 9.91. The van der Waals surface area contributed by atoms with Gasteiger partial charge in [0.1, 0.15) is 17.4 Å². The third-order valence-electron chi connectivity index (χ3n) is 4.62. The summed E-state index contributed by atoms with van der Waals surface area (Å²) in [6, 6.07) is 3.82. The molecule has 160 valence electrons. The molecule has 1 aliphatic rings.